The summed E-state index contributed by atoms with van der Waals surface area (Å²) in [5.74, 6) is -0.952. The van der Waals surface area contributed by atoms with Crippen LogP contribution in [0.5, 0.6) is 5.75 Å². The number of carbonyl (C=O) groups is 2. The molecule has 5 nitrogen and oxygen atoms in total. The van der Waals surface area contributed by atoms with Crippen LogP contribution >= 0.6 is 0 Å². The molecule has 0 radical (unpaired) electrons. The Hall–Kier alpha value is -2.04. The van der Waals surface area contributed by atoms with E-state index in [-0.39, 0.29) is 12.5 Å². The van der Waals surface area contributed by atoms with Crippen LogP contribution in [0.25, 0.3) is 0 Å². The molecule has 1 unspecified atom stereocenters. The summed E-state index contributed by atoms with van der Waals surface area (Å²) >= 11 is 0. The van der Waals surface area contributed by atoms with E-state index in [1.807, 2.05) is 0 Å². The summed E-state index contributed by atoms with van der Waals surface area (Å²) in [5, 5.41) is 8.92. The van der Waals surface area contributed by atoms with Gasteiger partial charge in [0.05, 0.1) is 18.6 Å². The van der Waals surface area contributed by atoms with Gasteiger partial charge in [-0.25, -0.2) is 0 Å². The van der Waals surface area contributed by atoms with E-state index in [4.69, 9.17) is 9.84 Å². The number of nitrogens with zero attached hydrogens (tertiary/aromatic N) is 1. The standard InChI is InChI=1S/C13H15NO4/c1-18-11-5-3-2-4-10(11)12(15)14-7-6-9(8-14)13(16)17/h2-5,9H,6-8H2,1H3,(H,16,17). The van der Waals surface area contributed by atoms with Gasteiger partial charge in [0.1, 0.15) is 5.75 Å². The summed E-state index contributed by atoms with van der Waals surface area (Å²) in [6.07, 6.45) is 0.510. The quantitative estimate of drug-likeness (QED) is 0.875. The van der Waals surface area contributed by atoms with Crippen molar-refractivity contribution in [3.05, 3.63) is 29.8 Å². The van der Waals surface area contributed by atoms with Gasteiger partial charge in [-0.2, -0.15) is 0 Å². The van der Waals surface area contributed by atoms with Gasteiger partial charge in [0.15, 0.2) is 0 Å². The minimum Gasteiger partial charge on any atom is -0.496 e. The number of ether oxygens (including phenoxy) is 1. The number of hydrogen-bond donors (Lipinski definition) is 1. The van der Waals surface area contributed by atoms with Crippen molar-refractivity contribution in [3.8, 4) is 5.75 Å². The zero-order valence-corrected chi connectivity index (χ0v) is 10.1. The van der Waals surface area contributed by atoms with Crippen LogP contribution in [0.3, 0.4) is 0 Å². The maximum absolute atomic E-state index is 12.2. The van der Waals surface area contributed by atoms with E-state index in [1.165, 1.54) is 7.11 Å². The van der Waals surface area contributed by atoms with Gasteiger partial charge < -0.3 is 14.7 Å². The van der Waals surface area contributed by atoms with Gasteiger partial charge in [-0.05, 0) is 18.6 Å². The molecule has 1 saturated heterocycles. The second-order valence-corrected chi connectivity index (χ2v) is 4.28. The first-order valence-electron chi connectivity index (χ1n) is 5.78. The average Bonchev–Trinajstić information content (AvgIpc) is 2.87. The maximum Gasteiger partial charge on any atom is 0.308 e. The molecule has 1 atom stereocenters. The van der Waals surface area contributed by atoms with Crippen molar-refractivity contribution >= 4 is 11.9 Å². The molecule has 1 aromatic carbocycles. The highest BCUT2D eigenvalue weighted by Crippen LogP contribution is 2.23. The molecule has 1 aliphatic heterocycles. The summed E-state index contributed by atoms with van der Waals surface area (Å²) in [4.78, 5) is 24.7. The van der Waals surface area contributed by atoms with E-state index in [9.17, 15) is 9.59 Å². The molecule has 1 fully saturated rings. The number of aliphatic carboxylic acids is 1. The smallest absolute Gasteiger partial charge is 0.308 e. The number of methoxy groups -OCH3 is 1. The lowest BCUT2D eigenvalue weighted by Gasteiger charge is -2.17. The van der Waals surface area contributed by atoms with Crippen molar-refractivity contribution in [2.24, 2.45) is 5.92 Å². The van der Waals surface area contributed by atoms with Crippen LogP contribution in [0.4, 0.5) is 0 Å². The number of carbonyl (C=O) groups excluding carboxylic acids is 1. The van der Waals surface area contributed by atoms with Crippen LogP contribution in [0, 0.1) is 5.92 Å². The molecule has 0 saturated carbocycles. The van der Waals surface area contributed by atoms with Gasteiger partial charge in [-0.15, -0.1) is 0 Å². The summed E-state index contributed by atoms with van der Waals surface area (Å²) in [5.41, 5.74) is 0.478. The number of hydrogen-bond acceptors (Lipinski definition) is 3. The molecule has 5 heteroatoms. The van der Waals surface area contributed by atoms with Crippen molar-refractivity contribution in [3.63, 3.8) is 0 Å². The third-order valence-corrected chi connectivity index (χ3v) is 3.16. The highest BCUT2D eigenvalue weighted by Gasteiger charge is 2.32. The van der Waals surface area contributed by atoms with Crippen LogP contribution in [0.15, 0.2) is 24.3 Å². The van der Waals surface area contributed by atoms with E-state index in [2.05, 4.69) is 0 Å². The Bertz CT molecular complexity index is 472. The Labute approximate surface area is 105 Å². The Morgan fingerprint density at radius 3 is 2.72 bits per heavy atom. The molecule has 2 rings (SSSR count). The highest BCUT2D eigenvalue weighted by atomic mass is 16.5. The van der Waals surface area contributed by atoms with Gasteiger partial charge in [0.2, 0.25) is 0 Å². The zero-order valence-electron chi connectivity index (χ0n) is 10.1. The first kappa shape index (κ1) is 12.4. The summed E-state index contributed by atoms with van der Waals surface area (Å²) in [6.45, 7) is 0.750. The molecule has 0 bridgehead atoms. The zero-order chi connectivity index (χ0) is 13.1. The van der Waals surface area contributed by atoms with Crippen LogP contribution in [-0.2, 0) is 4.79 Å². The molecular formula is C13H15NO4. The molecule has 18 heavy (non-hydrogen) atoms. The van der Waals surface area contributed by atoms with Gasteiger partial charge in [-0.1, -0.05) is 12.1 Å². The van der Waals surface area contributed by atoms with Crippen molar-refractivity contribution in [2.45, 2.75) is 6.42 Å². The topological polar surface area (TPSA) is 66.8 Å². The Morgan fingerprint density at radius 2 is 2.11 bits per heavy atom. The number of carboxylic acids is 1. The third kappa shape index (κ3) is 2.30. The first-order valence-corrected chi connectivity index (χ1v) is 5.78. The number of carboxylic acid groups (broad SMARTS) is 1. The molecule has 96 valence electrons. The van der Waals surface area contributed by atoms with Crippen LogP contribution < -0.4 is 4.74 Å². The van der Waals surface area contributed by atoms with E-state index < -0.39 is 11.9 Å². The highest BCUT2D eigenvalue weighted by molar-refractivity contribution is 5.97. The fraction of sp³-hybridized carbons (Fsp3) is 0.385. The molecule has 0 spiro atoms. The summed E-state index contributed by atoms with van der Waals surface area (Å²) in [7, 11) is 1.51. The molecule has 0 aromatic heterocycles. The largest absolute Gasteiger partial charge is 0.496 e. The lowest BCUT2D eigenvalue weighted by molar-refractivity contribution is -0.141. The number of likely N-dealkylation sites (tertiary alicyclic amines) is 1. The van der Waals surface area contributed by atoms with Gasteiger partial charge in [0, 0.05) is 13.1 Å². The van der Waals surface area contributed by atoms with E-state index in [0.717, 1.165) is 0 Å². The molecule has 1 N–H and O–H groups in total. The predicted molar refractivity (Wildman–Crippen MR) is 64.6 cm³/mol. The lowest BCUT2D eigenvalue weighted by atomic mass is 10.1. The monoisotopic (exact) mass is 249 g/mol. The van der Waals surface area contributed by atoms with Crippen LogP contribution in [-0.4, -0.2) is 42.1 Å². The number of benzene rings is 1. The first-order chi connectivity index (χ1) is 8.63. The minimum atomic E-state index is -0.842. The maximum atomic E-state index is 12.2. The molecule has 1 aliphatic rings. The molecular weight excluding hydrogens is 234 g/mol. The van der Waals surface area contributed by atoms with E-state index in [0.29, 0.717) is 24.3 Å². The molecule has 1 aromatic rings. The van der Waals surface area contributed by atoms with Crippen molar-refractivity contribution in [2.75, 3.05) is 20.2 Å². The molecule has 0 aliphatic carbocycles. The Morgan fingerprint density at radius 1 is 1.39 bits per heavy atom. The van der Waals surface area contributed by atoms with Gasteiger partial charge in [0.25, 0.3) is 5.91 Å². The average molecular weight is 249 g/mol. The third-order valence-electron chi connectivity index (χ3n) is 3.16. The van der Waals surface area contributed by atoms with Crippen LogP contribution in [0.2, 0.25) is 0 Å². The number of amides is 1. The van der Waals surface area contributed by atoms with E-state index in [1.54, 1.807) is 29.2 Å². The molecule has 1 amide bonds. The van der Waals surface area contributed by atoms with Gasteiger partial charge in [-0.3, -0.25) is 9.59 Å². The number of rotatable bonds is 3. The Kier molecular flexibility index (Phi) is 3.50. The Balaban J connectivity index is 2.15. The SMILES string of the molecule is COc1ccccc1C(=O)N1CCC(C(=O)O)C1. The normalized spacial score (nSPS) is 18.7. The van der Waals surface area contributed by atoms with Crippen LogP contribution in [0.1, 0.15) is 16.8 Å². The molecule has 1 heterocycles. The van der Waals surface area contributed by atoms with E-state index >= 15 is 0 Å². The second kappa shape index (κ2) is 5.08. The summed E-state index contributed by atoms with van der Waals surface area (Å²) in [6, 6.07) is 6.97. The fourth-order valence-corrected chi connectivity index (χ4v) is 2.14. The fourth-order valence-electron chi connectivity index (χ4n) is 2.14. The van der Waals surface area contributed by atoms with Gasteiger partial charge >= 0.3 is 5.97 Å². The number of para-hydroxylation sites is 1. The van der Waals surface area contributed by atoms with Crippen molar-refractivity contribution in [1.82, 2.24) is 4.90 Å². The summed E-state index contributed by atoms with van der Waals surface area (Å²) < 4.78 is 5.14. The van der Waals surface area contributed by atoms with Crippen molar-refractivity contribution in [1.29, 1.82) is 0 Å². The van der Waals surface area contributed by atoms with Crippen molar-refractivity contribution < 1.29 is 19.4 Å². The lowest BCUT2D eigenvalue weighted by Crippen LogP contribution is -2.30. The predicted octanol–water partition coefficient (Wildman–Crippen LogP) is 1.24. The second-order valence-electron chi connectivity index (χ2n) is 4.28. The minimum absolute atomic E-state index is 0.170.